The van der Waals surface area contributed by atoms with E-state index in [1.807, 2.05) is 0 Å². The second kappa shape index (κ2) is 12.6. The second-order valence-electron chi connectivity index (χ2n) is 9.58. The molecule has 0 atom stereocenters. The van der Waals surface area contributed by atoms with E-state index in [-0.39, 0.29) is 5.63 Å². The van der Waals surface area contributed by atoms with Gasteiger partial charge in [0.1, 0.15) is 0 Å². The number of aryl methyl sites for hydroxylation is 3. The molecule has 1 heterocycles. The normalized spacial score (nSPS) is 12.9. The van der Waals surface area contributed by atoms with Gasteiger partial charge in [-0.3, -0.25) is 0 Å². The van der Waals surface area contributed by atoms with E-state index in [1.165, 1.54) is 106 Å². The molecule has 0 fully saturated rings. The largest absolute Gasteiger partial charge is 0.431 e. The monoisotopic (exact) mass is 454 g/mol. The van der Waals surface area contributed by atoms with Crippen LogP contribution in [0.15, 0.2) is 76.1 Å². The fourth-order valence-corrected chi connectivity index (χ4v) is 5.31. The summed E-state index contributed by atoms with van der Waals surface area (Å²) in [6.07, 6.45) is 17.5. The van der Waals surface area contributed by atoms with Gasteiger partial charge in [-0.05, 0) is 82.8 Å². The summed E-state index contributed by atoms with van der Waals surface area (Å²) in [4.78, 5) is 10.1. The van der Waals surface area contributed by atoms with Crippen molar-refractivity contribution in [3.63, 3.8) is 0 Å². The zero-order valence-corrected chi connectivity index (χ0v) is 20.7. The predicted molar refractivity (Wildman–Crippen MR) is 145 cm³/mol. The molecule has 0 radical (unpaired) electrons. The van der Waals surface area contributed by atoms with E-state index in [0.29, 0.717) is 0 Å². The van der Waals surface area contributed by atoms with E-state index in [2.05, 4.69) is 53.8 Å². The van der Waals surface area contributed by atoms with Crippen LogP contribution in [0.2, 0.25) is 0 Å². The summed E-state index contributed by atoms with van der Waals surface area (Å²) in [6, 6.07) is 21.1. The van der Waals surface area contributed by atoms with Crippen molar-refractivity contribution < 1.29 is 4.42 Å². The van der Waals surface area contributed by atoms with Crippen molar-refractivity contribution in [2.45, 2.75) is 84.0 Å². The lowest BCUT2D eigenvalue weighted by molar-refractivity contribution is 0.511. The molecule has 2 nitrogen and oxygen atoms in total. The Morgan fingerprint density at radius 1 is 0.706 bits per heavy atom. The molecular weight excluding hydrogens is 416 g/mol. The molecule has 0 unspecified atom stereocenters. The van der Waals surface area contributed by atoms with Crippen molar-refractivity contribution >= 4 is 21.5 Å². The molecule has 4 aromatic rings. The van der Waals surface area contributed by atoms with Gasteiger partial charge in [-0.25, -0.2) is 4.79 Å². The van der Waals surface area contributed by atoms with Gasteiger partial charge < -0.3 is 4.42 Å². The quantitative estimate of drug-likeness (QED) is 0.197. The summed E-state index contributed by atoms with van der Waals surface area (Å²) >= 11 is 0. The summed E-state index contributed by atoms with van der Waals surface area (Å²) in [5, 5.41) is 5.95. The lowest BCUT2D eigenvalue weighted by atomic mass is 9.85. The molecule has 1 aromatic heterocycles. The molecule has 1 aliphatic rings. The van der Waals surface area contributed by atoms with Gasteiger partial charge in [0, 0.05) is 6.07 Å². The van der Waals surface area contributed by atoms with Crippen molar-refractivity contribution in [1.82, 2.24) is 0 Å². The second-order valence-corrected chi connectivity index (χ2v) is 9.58. The van der Waals surface area contributed by atoms with Crippen LogP contribution in [-0.4, -0.2) is 0 Å². The van der Waals surface area contributed by atoms with Gasteiger partial charge >= 0.3 is 5.63 Å². The van der Waals surface area contributed by atoms with Crippen molar-refractivity contribution in [2.75, 3.05) is 0 Å². The Bertz CT molecular complexity index is 1230. The topological polar surface area (TPSA) is 30.2 Å². The molecule has 0 saturated heterocycles. The Balaban J connectivity index is 0.000000336. The highest BCUT2D eigenvalue weighted by atomic mass is 16.4. The van der Waals surface area contributed by atoms with Crippen molar-refractivity contribution in [3.05, 3.63) is 94.0 Å². The van der Waals surface area contributed by atoms with Crippen LogP contribution >= 0.6 is 0 Å². The molecule has 2 heteroatoms. The van der Waals surface area contributed by atoms with E-state index in [4.69, 9.17) is 0 Å². The third-order valence-electron chi connectivity index (χ3n) is 7.11. The standard InChI is InChI=1S/C27H34.C5H4O2/c1-2-3-4-5-6-7-8-14-22-20-27-23-15-10-9-13-21(23)18-19-26(27)25-17-12-11-16-24(22)25;6-5-3-1-2-4-7-5/h11-12,16-20H,2-10,13-15H2,1H3;1-4H. The van der Waals surface area contributed by atoms with E-state index in [9.17, 15) is 4.79 Å². The highest BCUT2D eigenvalue weighted by molar-refractivity contribution is 6.10. The molecular formula is C32H38O2. The van der Waals surface area contributed by atoms with Crippen molar-refractivity contribution in [2.24, 2.45) is 0 Å². The maximum Gasteiger partial charge on any atom is 0.335 e. The first-order valence-electron chi connectivity index (χ1n) is 13.3. The third kappa shape index (κ3) is 6.17. The average Bonchev–Trinajstić information content (AvgIpc) is 2.89. The Hall–Kier alpha value is -2.87. The van der Waals surface area contributed by atoms with Gasteiger partial charge in [0.05, 0.1) is 6.26 Å². The molecule has 0 amide bonds. The molecule has 178 valence electrons. The number of hydrogen-bond donors (Lipinski definition) is 0. The molecule has 0 saturated carbocycles. The summed E-state index contributed by atoms with van der Waals surface area (Å²) in [6.45, 7) is 2.30. The SMILES string of the molecule is CCCCCCCCCc1cc2c3c(ccc2c2ccccc12)CCCC3.O=c1cccco1. The Labute approximate surface area is 204 Å². The number of benzene rings is 3. The Kier molecular flexibility index (Phi) is 8.96. The van der Waals surface area contributed by atoms with Crippen LogP contribution in [-0.2, 0) is 19.3 Å². The fourth-order valence-electron chi connectivity index (χ4n) is 5.31. The van der Waals surface area contributed by atoms with Crippen molar-refractivity contribution in [1.29, 1.82) is 0 Å². The van der Waals surface area contributed by atoms with Crippen LogP contribution in [0, 0.1) is 0 Å². The van der Waals surface area contributed by atoms with Crippen LogP contribution in [0.3, 0.4) is 0 Å². The predicted octanol–water partition coefficient (Wildman–Crippen LogP) is 8.80. The van der Waals surface area contributed by atoms with E-state index < -0.39 is 0 Å². The molecule has 0 N–H and O–H groups in total. The Morgan fingerprint density at radius 2 is 1.41 bits per heavy atom. The third-order valence-corrected chi connectivity index (χ3v) is 7.11. The van der Waals surface area contributed by atoms with E-state index in [0.717, 1.165) is 0 Å². The first-order valence-corrected chi connectivity index (χ1v) is 13.3. The number of unbranched alkanes of at least 4 members (excludes halogenated alkanes) is 6. The van der Waals surface area contributed by atoms with Crippen molar-refractivity contribution in [3.8, 4) is 0 Å². The molecule has 0 bridgehead atoms. The maximum atomic E-state index is 10.1. The van der Waals surface area contributed by atoms with Crippen LogP contribution in [0.25, 0.3) is 21.5 Å². The molecule has 1 aliphatic carbocycles. The smallest absolute Gasteiger partial charge is 0.335 e. The average molecular weight is 455 g/mol. The van der Waals surface area contributed by atoms with Gasteiger partial charge in [-0.1, -0.05) is 94.0 Å². The molecule has 0 aliphatic heterocycles. The van der Waals surface area contributed by atoms with Gasteiger partial charge in [0.15, 0.2) is 0 Å². The zero-order valence-electron chi connectivity index (χ0n) is 20.7. The summed E-state index contributed by atoms with van der Waals surface area (Å²) in [5.74, 6) is 0. The lowest BCUT2D eigenvalue weighted by Gasteiger charge is -2.20. The number of fused-ring (bicyclic) bond motifs is 5. The molecule has 34 heavy (non-hydrogen) atoms. The highest BCUT2D eigenvalue weighted by Gasteiger charge is 2.15. The van der Waals surface area contributed by atoms with Gasteiger partial charge in [-0.15, -0.1) is 0 Å². The van der Waals surface area contributed by atoms with Crippen LogP contribution in [0.5, 0.6) is 0 Å². The summed E-state index contributed by atoms with van der Waals surface area (Å²) in [5.41, 5.74) is 4.52. The fraction of sp³-hybridized carbons (Fsp3) is 0.406. The number of hydrogen-bond acceptors (Lipinski definition) is 2. The molecule has 0 spiro atoms. The minimum atomic E-state index is -0.303. The Morgan fingerprint density at radius 3 is 2.15 bits per heavy atom. The molecule has 5 rings (SSSR count). The molecule has 3 aromatic carbocycles. The van der Waals surface area contributed by atoms with E-state index in [1.54, 1.807) is 34.2 Å². The van der Waals surface area contributed by atoms with E-state index >= 15 is 0 Å². The van der Waals surface area contributed by atoms with Gasteiger partial charge in [0.2, 0.25) is 0 Å². The first kappa shape index (κ1) is 24.3. The van der Waals surface area contributed by atoms with Crippen LogP contribution < -0.4 is 5.63 Å². The zero-order chi connectivity index (χ0) is 23.6. The van der Waals surface area contributed by atoms with Gasteiger partial charge in [0.25, 0.3) is 0 Å². The first-order chi connectivity index (χ1) is 16.8. The van der Waals surface area contributed by atoms with Gasteiger partial charge in [-0.2, -0.15) is 0 Å². The number of rotatable bonds is 8. The minimum Gasteiger partial charge on any atom is -0.431 e. The van der Waals surface area contributed by atoms with Crippen LogP contribution in [0.4, 0.5) is 0 Å². The summed E-state index contributed by atoms with van der Waals surface area (Å²) < 4.78 is 4.37. The highest BCUT2D eigenvalue weighted by Crippen LogP contribution is 2.35. The minimum absolute atomic E-state index is 0.303. The maximum absolute atomic E-state index is 10.1. The van der Waals surface area contributed by atoms with Crippen LogP contribution in [0.1, 0.15) is 81.4 Å². The summed E-state index contributed by atoms with van der Waals surface area (Å²) in [7, 11) is 0. The lowest BCUT2D eigenvalue weighted by Crippen LogP contribution is -2.03.